The number of aliphatic imine (C=N–C) groups is 1. The van der Waals surface area contributed by atoms with Crippen LogP contribution in [0.25, 0.3) is 0 Å². The SMILES string of the molecule is CCCC(CC)(Pc1ccccc1C=Nc1ccccc1)c1cc(C)ccc1O. The molecule has 0 spiro atoms. The maximum atomic E-state index is 10.7. The van der Waals surface area contributed by atoms with Gasteiger partial charge in [-0.1, -0.05) is 89.0 Å². The van der Waals surface area contributed by atoms with Crippen LogP contribution in [-0.4, -0.2) is 11.3 Å². The number of aromatic hydroxyl groups is 1. The van der Waals surface area contributed by atoms with E-state index < -0.39 is 0 Å². The van der Waals surface area contributed by atoms with Gasteiger partial charge >= 0.3 is 0 Å². The molecule has 29 heavy (non-hydrogen) atoms. The highest BCUT2D eigenvalue weighted by Gasteiger charge is 2.33. The summed E-state index contributed by atoms with van der Waals surface area (Å²) in [6.07, 6.45) is 5.08. The number of hydrogen-bond donors (Lipinski definition) is 1. The fourth-order valence-corrected chi connectivity index (χ4v) is 5.69. The van der Waals surface area contributed by atoms with E-state index in [-0.39, 0.29) is 5.16 Å². The lowest BCUT2D eigenvalue weighted by atomic mass is 9.89. The zero-order chi connectivity index (χ0) is 20.7. The van der Waals surface area contributed by atoms with Crippen LogP contribution in [-0.2, 0) is 5.16 Å². The number of nitrogens with zero attached hydrogens (tertiary/aromatic N) is 1. The summed E-state index contributed by atoms with van der Waals surface area (Å²) in [4.78, 5) is 4.67. The van der Waals surface area contributed by atoms with Gasteiger partial charge in [-0.3, -0.25) is 4.99 Å². The van der Waals surface area contributed by atoms with E-state index >= 15 is 0 Å². The number of phenolic OH excluding ortho intramolecular Hbond substituents is 1. The highest BCUT2D eigenvalue weighted by Crippen LogP contribution is 2.51. The Bertz CT molecular complexity index is 967. The smallest absolute Gasteiger partial charge is 0.119 e. The van der Waals surface area contributed by atoms with Gasteiger partial charge in [-0.2, -0.15) is 0 Å². The van der Waals surface area contributed by atoms with Crippen LogP contribution in [0.1, 0.15) is 49.8 Å². The van der Waals surface area contributed by atoms with E-state index in [4.69, 9.17) is 0 Å². The number of phenols is 1. The largest absolute Gasteiger partial charge is 0.508 e. The van der Waals surface area contributed by atoms with E-state index in [0.29, 0.717) is 14.3 Å². The Hall–Kier alpha value is -2.44. The van der Waals surface area contributed by atoms with Gasteiger partial charge < -0.3 is 5.11 Å². The standard InChI is InChI=1S/C26H30NOP/c1-4-17-26(5-2,23-18-20(3)15-16-24(23)28)29-25-14-10-9-11-21(25)19-27-22-12-7-6-8-13-22/h6-16,18-19,28-29H,4-5,17H2,1-3H3. The molecule has 0 aliphatic heterocycles. The van der Waals surface area contributed by atoms with Gasteiger partial charge in [-0.15, -0.1) is 0 Å². The van der Waals surface area contributed by atoms with E-state index in [2.05, 4.69) is 56.1 Å². The van der Waals surface area contributed by atoms with Crippen molar-refractivity contribution in [3.63, 3.8) is 0 Å². The first-order valence-electron chi connectivity index (χ1n) is 10.3. The van der Waals surface area contributed by atoms with Gasteiger partial charge in [0.05, 0.1) is 5.69 Å². The topological polar surface area (TPSA) is 32.6 Å². The van der Waals surface area contributed by atoms with Crippen molar-refractivity contribution in [3.05, 3.63) is 89.5 Å². The predicted molar refractivity (Wildman–Crippen MR) is 128 cm³/mol. The molecule has 1 N–H and O–H groups in total. The van der Waals surface area contributed by atoms with Gasteiger partial charge in [0.25, 0.3) is 0 Å². The molecule has 150 valence electrons. The highest BCUT2D eigenvalue weighted by atomic mass is 31.1. The Balaban J connectivity index is 2.01. The quantitative estimate of drug-likeness (QED) is 0.323. The molecule has 3 rings (SSSR count). The minimum Gasteiger partial charge on any atom is -0.508 e. The molecule has 2 nitrogen and oxygen atoms in total. The third-order valence-electron chi connectivity index (χ3n) is 5.39. The van der Waals surface area contributed by atoms with Crippen molar-refractivity contribution in [2.24, 2.45) is 4.99 Å². The summed E-state index contributed by atoms with van der Waals surface area (Å²) < 4.78 is 0. The molecular formula is C26H30NOP. The molecule has 2 atom stereocenters. The fourth-order valence-electron chi connectivity index (χ4n) is 3.82. The van der Waals surface area contributed by atoms with Gasteiger partial charge in [0.1, 0.15) is 5.75 Å². The van der Waals surface area contributed by atoms with Crippen molar-refractivity contribution in [3.8, 4) is 5.75 Å². The molecule has 3 heteroatoms. The molecule has 0 heterocycles. The summed E-state index contributed by atoms with van der Waals surface area (Å²) in [6.45, 7) is 6.56. The normalized spacial score (nSPS) is 13.9. The van der Waals surface area contributed by atoms with Crippen LogP contribution < -0.4 is 5.30 Å². The average molecular weight is 404 g/mol. The van der Waals surface area contributed by atoms with Gasteiger partial charge in [-0.05, 0) is 43.3 Å². The average Bonchev–Trinajstić information content (AvgIpc) is 2.75. The van der Waals surface area contributed by atoms with Crippen LogP contribution in [0.15, 0.2) is 77.8 Å². The number of para-hydroxylation sites is 1. The minimum absolute atomic E-state index is 0.0679. The van der Waals surface area contributed by atoms with Gasteiger partial charge in [0.2, 0.25) is 0 Å². The van der Waals surface area contributed by atoms with Crippen molar-refractivity contribution in [2.45, 2.75) is 45.2 Å². The summed E-state index contributed by atoms with van der Waals surface area (Å²) in [5, 5.41) is 11.9. The molecule has 0 amide bonds. The predicted octanol–water partition coefficient (Wildman–Crippen LogP) is 6.86. The number of hydrogen-bond acceptors (Lipinski definition) is 2. The summed E-state index contributed by atoms with van der Waals surface area (Å²) in [5.41, 5.74) is 4.37. The van der Waals surface area contributed by atoms with Crippen LogP contribution in [0.4, 0.5) is 5.69 Å². The van der Waals surface area contributed by atoms with Crippen LogP contribution >= 0.6 is 8.58 Å². The Morgan fingerprint density at radius 3 is 2.41 bits per heavy atom. The summed E-state index contributed by atoms with van der Waals surface area (Å²) in [5.74, 6) is 0.411. The number of aryl methyl sites for hydroxylation is 1. The summed E-state index contributed by atoms with van der Waals surface area (Å²) in [7, 11) is 0.558. The van der Waals surface area contributed by atoms with Crippen molar-refractivity contribution < 1.29 is 5.11 Å². The first-order valence-corrected chi connectivity index (χ1v) is 11.3. The van der Waals surface area contributed by atoms with Crippen LogP contribution in [0.5, 0.6) is 5.75 Å². The molecule has 0 aliphatic carbocycles. The maximum absolute atomic E-state index is 10.7. The molecule has 0 saturated carbocycles. The van der Waals surface area contributed by atoms with Crippen molar-refractivity contribution in [2.75, 3.05) is 0 Å². The molecule has 0 aromatic heterocycles. The summed E-state index contributed by atoms with van der Waals surface area (Å²) in [6, 6.07) is 24.5. The molecule has 3 aromatic rings. The molecule has 0 saturated heterocycles. The van der Waals surface area contributed by atoms with E-state index in [1.54, 1.807) is 0 Å². The first kappa shape index (κ1) is 21.3. The van der Waals surface area contributed by atoms with Crippen LogP contribution in [0.3, 0.4) is 0 Å². The van der Waals surface area contributed by atoms with Crippen molar-refractivity contribution in [1.82, 2.24) is 0 Å². The molecule has 3 aromatic carbocycles. The Labute approximate surface area is 176 Å². The number of benzene rings is 3. The van der Waals surface area contributed by atoms with E-state index in [9.17, 15) is 5.11 Å². The van der Waals surface area contributed by atoms with Gasteiger partial charge in [0, 0.05) is 22.5 Å². The molecule has 0 fully saturated rings. The zero-order valence-corrected chi connectivity index (χ0v) is 18.5. The zero-order valence-electron chi connectivity index (χ0n) is 17.5. The van der Waals surface area contributed by atoms with Crippen LogP contribution in [0, 0.1) is 6.92 Å². The summed E-state index contributed by atoms with van der Waals surface area (Å²) >= 11 is 0. The van der Waals surface area contributed by atoms with Gasteiger partial charge in [-0.25, -0.2) is 0 Å². The fraction of sp³-hybridized carbons (Fsp3) is 0.269. The van der Waals surface area contributed by atoms with E-state index in [1.165, 1.54) is 10.9 Å². The maximum Gasteiger partial charge on any atom is 0.119 e. The second-order valence-electron chi connectivity index (χ2n) is 7.51. The second kappa shape index (κ2) is 9.85. The third kappa shape index (κ3) is 5.14. The molecule has 0 radical (unpaired) electrons. The molecular weight excluding hydrogens is 373 g/mol. The minimum atomic E-state index is -0.0679. The number of rotatable bonds is 8. The Morgan fingerprint density at radius 1 is 0.966 bits per heavy atom. The van der Waals surface area contributed by atoms with E-state index in [0.717, 1.165) is 36.1 Å². The first-order chi connectivity index (χ1) is 14.1. The van der Waals surface area contributed by atoms with Crippen LogP contribution in [0.2, 0.25) is 0 Å². The second-order valence-corrected chi connectivity index (χ2v) is 9.26. The molecule has 2 unspecified atom stereocenters. The lowest BCUT2D eigenvalue weighted by Crippen LogP contribution is -2.24. The Kier molecular flexibility index (Phi) is 7.23. The monoisotopic (exact) mass is 403 g/mol. The third-order valence-corrected chi connectivity index (χ3v) is 7.47. The highest BCUT2D eigenvalue weighted by molar-refractivity contribution is 7.48. The van der Waals surface area contributed by atoms with E-state index in [1.807, 2.05) is 48.7 Å². The lowest BCUT2D eigenvalue weighted by molar-refractivity contribution is 0.442. The van der Waals surface area contributed by atoms with Gasteiger partial charge in [0.15, 0.2) is 0 Å². The lowest BCUT2D eigenvalue weighted by Gasteiger charge is -2.35. The van der Waals surface area contributed by atoms with Crippen molar-refractivity contribution in [1.29, 1.82) is 0 Å². The molecule has 0 bridgehead atoms. The molecule has 0 aliphatic rings. The Morgan fingerprint density at radius 2 is 1.69 bits per heavy atom. The van der Waals surface area contributed by atoms with Crippen molar-refractivity contribution >= 4 is 25.8 Å².